The first-order valence-corrected chi connectivity index (χ1v) is 10.2. The minimum Gasteiger partial charge on any atom is -0.124 e. The second-order valence-corrected chi connectivity index (χ2v) is 7.86. The Labute approximate surface area is 159 Å². The Morgan fingerprint density at radius 1 is 1.12 bits per heavy atom. The molecule has 0 heteroatoms. The van der Waals surface area contributed by atoms with Crippen molar-refractivity contribution in [3.63, 3.8) is 0 Å². The van der Waals surface area contributed by atoms with Crippen LogP contribution in [0.15, 0.2) is 36.5 Å². The van der Waals surface area contributed by atoms with Gasteiger partial charge in [-0.2, -0.15) is 0 Å². The van der Waals surface area contributed by atoms with Crippen LogP contribution in [0.4, 0.5) is 0 Å². The van der Waals surface area contributed by atoms with E-state index in [1.807, 2.05) is 0 Å². The average Bonchev–Trinajstić information content (AvgIpc) is 3.01. The van der Waals surface area contributed by atoms with Crippen LogP contribution in [0.2, 0.25) is 0 Å². The highest BCUT2D eigenvalue weighted by molar-refractivity contribution is 5.07. The zero-order chi connectivity index (χ0) is 19.6. The number of rotatable bonds is 9. The van der Waals surface area contributed by atoms with Gasteiger partial charge in [-0.25, -0.2) is 0 Å². The molecule has 25 heavy (non-hydrogen) atoms. The van der Waals surface area contributed by atoms with Crippen LogP contribution in [0.5, 0.6) is 0 Å². The maximum atomic E-state index is 4.07. The minimum absolute atomic E-state index is 0.488. The van der Waals surface area contributed by atoms with Gasteiger partial charge in [-0.3, -0.25) is 0 Å². The predicted molar refractivity (Wildman–Crippen MR) is 118 cm³/mol. The molecule has 0 radical (unpaired) electrons. The SMILES string of the molecule is C#C.C/C=C\CCCC.C=C1CC[C@H](/C=C/CC(C)(C)CCCC)C1. The molecule has 1 atom stereocenters. The molecule has 0 spiro atoms. The van der Waals surface area contributed by atoms with Gasteiger partial charge in [-0.05, 0) is 56.8 Å². The van der Waals surface area contributed by atoms with E-state index in [0.717, 1.165) is 5.92 Å². The van der Waals surface area contributed by atoms with E-state index in [-0.39, 0.29) is 0 Å². The molecule has 0 aromatic heterocycles. The summed E-state index contributed by atoms with van der Waals surface area (Å²) in [5.41, 5.74) is 1.93. The molecule has 1 rings (SSSR count). The third-order valence-corrected chi connectivity index (χ3v) is 4.67. The Morgan fingerprint density at radius 2 is 1.76 bits per heavy atom. The van der Waals surface area contributed by atoms with E-state index in [0.29, 0.717) is 5.41 Å². The molecule has 144 valence electrons. The number of terminal acetylenes is 1. The molecule has 0 heterocycles. The molecule has 0 amide bonds. The van der Waals surface area contributed by atoms with Crippen molar-refractivity contribution < 1.29 is 0 Å². The molecule has 1 fully saturated rings. The summed E-state index contributed by atoms with van der Waals surface area (Å²) in [4.78, 5) is 0. The van der Waals surface area contributed by atoms with E-state index in [1.54, 1.807) is 0 Å². The summed E-state index contributed by atoms with van der Waals surface area (Å²) in [5.74, 6) is 0.787. The van der Waals surface area contributed by atoms with Gasteiger partial charge in [0.1, 0.15) is 0 Å². The fourth-order valence-corrected chi connectivity index (χ4v) is 2.95. The van der Waals surface area contributed by atoms with E-state index < -0.39 is 0 Å². The molecule has 1 saturated carbocycles. The van der Waals surface area contributed by atoms with Gasteiger partial charge in [0.05, 0.1) is 0 Å². The summed E-state index contributed by atoms with van der Waals surface area (Å²) in [6, 6.07) is 0. The van der Waals surface area contributed by atoms with E-state index in [4.69, 9.17) is 0 Å². The third-order valence-electron chi connectivity index (χ3n) is 4.67. The molecular weight excluding hydrogens is 300 g/mol. The Kier molecular flexibility index (Phi) is 18.3. The summed E-state index contributed by atoms with van der Waals surface area (Å²) in [6.45, 7) is 15.4. The Hall–Kier alpha value is -1.22. The summed E-state index contributed by atoms with van der Waals surface area (Å²) in [6.07, 6.45) is 30.1. The van der Waals surface area contributed by atoms with Gasteiger partial charge in [0.25, 0.3) is 0 Å². The number of unbranched alkanes of at least 4 members (excludes halogenated alkanes) is 3. The summed E-state index contributed by atoms with van der Waals surface area (Å²) >= 11 is 0. The highest BCUT2D eigenvalue weighted by Crippen LogP contribution is 2.32. The van der Waals surface area contributed by atoms with Crippen LogP contribution >= 0.6 is 0 Å². The number of hydrogen-bond donors (Lipinski definition) is 0. The Morgan fingerprint density at radius 3 is 2.24 bits per heavy atom. The molecule has 0 saturated heterocycles. The summed E-state index contributed by atoms with van der Waals surface area (Å²) in [7, 11) is 0. The smallest absolute Gasteiger partial charge is 0.0193 e. The second kappa shape index (κ2) is 17.6. The lowest BCUT2D eigenvalue weighted by Crippen LogP contribution is -2.09. The van der Waals surface area contributed by atoms with Gasteiger partial charge in [-0.1, -0.05) is 89.8 Å². The van der Waals surface area contributed by atoms with Gasteiger partial charge < -0.3 is 0 Å². The van der Waals surface area contributed by atoms with Gasteiger partial charge in [0.15, 0.2) is 0 Å². The van der Waals surface area contributed by atoms with Crippen LogP contribution in [-0.2, 0) is 0 Å². The molecule has 0 nitrogen and oxygen atoms in total. The van der Waals surface area contributed by atoms with Crippen molar-refractivity contribution >= 4 is 0 Å². The molecule has 0 N–H and O–H groups in total. The molecule has 0 aromatic carbocycles. The monoisotopic (exact) mass is 344 g/mol. The van der Waals surface area contributed by atoms with E-state index in [2.05, 4.69) is 78.3 Å². The van der Waals surface area contributed by atoms with Crippen molar-refractivity contribution in [3.05, 3.63) is 36.5 Å². The standard InChI is InChI=1S/C16H28.C7H14.C2H2/c1-5-6-11-16(3,4)12-7-8-15-10-9-14(2)13-15;1-3-5-7-6-4-2;1-2/h7-8,15H,2,5-6,9-13H2,1,3-4H3;3,5H,4,6-7H2,1-2H3;1-2H/b8-7+;5-3-;/t15-;;/m0../s1. The Balaban J connectivity index is 0. The lowest BCUT2D eigenvalue weighted by atomic mass is 9.83. The van der Waals surface area contributed by atoms with Gasteiger partial charge >= 0.3 is 0 Å². The van der Waals surface area contributed by atoms with Crippen LogP contribution in [0.25, 0.3) is 0 Å². The topological polar surface area (TPSA) is 0 Å². The van der Waals surface area contributed by atoms with Crippen LogP contribution in [0.3, 0.4) is 0 Å². The Bertz CT molecular complexity index is 378. The van der Waals surface area contributed by atoms with Crippen molar-refractivity contribution in [2.45, 2.75) is 98.8 Å². The molecule has 0 bridgehead atoms. The first-order chi connectivity index (χ1) is 11.9. The molecule has 1 aliphatic carbocycles. The second-order valence-electron chi connectivity index (χ2n) is 7.86. The summed E-state index contributed by atoms with van der Waals surface area (Å²) < 4.78 is 0. The van der Waals surface area contributed by atoms with Crippen molar-refractivity contribution in [1.82, 2.24) is 0 Å². The first kappa shape index (κ1) is 26.0. The molecule has 1 aliphatic rings. The zero-order valence-electron chi connectivity index (χ0n) is 17.8. The van der Waals surface area contributed by atoms with Crippen molar-refractivity contribution in [2.75, 3.05) is 0 Å². The maximum Gasteiger partial charge on any atom is -0.0193 e. The predicted octanol–water partition coefficient (Wildman–Crippen LogP) is 8.51. The molecule has 0 unspecified atom stereocenters. The van der Waals surface area contributed by atoms with Crippen LogP contribution in [0, 0.1) is 24.2 Å². The van der Waals surface area contributed by atoms with Crippen molar-refractivity contribution in [3.8, 4) is 12.8 Å². The van der Waals surface area contributed by atoms with Gasteiger partial charge in [0.2, 0.25) is 0 Å². The van der Waals surface area contributed by atoms with Gasteiger partial charge in [-0.15, -0.1) is 12.8 Å². The highest BCUT2D eigenvalue weighted by Gasteiger charge is 2.17. The van der Waals surface area contributed by atoms with Crippen molar-refractivity contribution in [1.29, 1.82) is 0 Å². The van der Waals surface area contributed by atoms with Crippen LogP contribution in [0.1, 0.15) is 98.8 Å². The third kappa shape index (κ3) is 17.4. The molecular formula is C25H44. The number of allylic oxidation sites excluding steroid dienone is 5. The van der Waals surface area contributed by atoms with Gasteiger partial charge in [0, 0.05) is 0 Å². The fourth-order valence-electron chi connectivity index (χ4n) is 2.95. The molecule has 0 aromatic rings. The quantitative estimate of drug-likeness (QED) is 0.223. The van der Waals surface area contributed by atoms with E-state index >= 15 is 0 Å². The normalized spacial score (nSPS) is 17.2. The average molecular weight is 345 g/mol. The fraction of sp³-hybridized carbons (Fsp3) is 0.680. The van der Waals surface area contributed by atoms with E-state index in [1.165, 1.54) is 69.8 Å². The lowest BCUT2D eigenvalue weighted by molar-refractivity contribution is 0.327. The maximum absolute atomic E-state index is 4.07. The number of hydrogen-bond acceptors (Lipinski definition) is 0. The minimum atomic E-state index is 0.488. The zero-order valence-corrected chi connectivity index (χ0v) is 17.8. The van der Waals surface area contributed by atoms with Crippen LogP contribution in [-0.4, -0.2) is 0 Å². The van der Waals surface area contributed by atoms with Crippen LogP contribution < -0.4 is 0 Å². The first-order valence-electron chi connectivity index (χ1n) is 10.2. The van der Waals surface area contributed by atoms with Crippen molar-refractivity contribution in [2.24, 2.45) is 11.3 Å². The lowest BCUT2D eigenvalue weighted by Gasteiger charge is -2.22. The molecule has 0 aliphatic heterocycles. The summed E-state index contributed by atoms with van der Waals surface area (Å²) in [5, 5.41) is 0. The van der Waals surface area contributed by atoms with E-state index in [9.17, 15) is 0 Å². The highest BCUT2D eigenvalue weighted by atomic mass is 14.2. The largest absolute Gasteiger partial charge is 0.124 e.